The predicted octanol–water partition coefficient (Wildman–Crippen LogP) is 0.596. The van der Waals surface area contributed by atoms with Gasteiger partial charge in [-0.3, -0.25) is 4.79 Å². The van der Waals surface area contributed by atoms with Gasteiger partial charge in [-0.2, -0.15) is 0 Å². The summed E-state index contributed by atoms with van der Waals surface area (Å²) in [6, 6.07) is 0.255. The Morgan fingerprint density at radius 1 is 1.64 bits per heavy atom. The van der Waals surface area contributed by atoms with Crippen molar-refractivity contribution in [1.29, 1.82) is 0 Å². The van der Waals surface area contributed by atoms with Crippen molar-refractivity contribution in [2.75, 3.05) is 13.1 Å². The monoisotopic (exact) mass is 194 g/mol. The zero-order valence-electron chi connectivity index (χ0n) is 8.70. The third kappa shape index (κ3) is 2.49. The van der Waals surface area contributed by atoms with Crippen LogP contribution in [0.3, 0.4) is 0 Å². The quantitative estimate of drug-likeness (QED) is 0.654. The summed E-state index contributed by atoms with van der Waals surface area (Å²) < 4.78 is 0. The molecule has 1 aliphatic rings. The highest BCUT2D eigenvalue weighted by Crippen LogP contribution is 2.13. The summed E-state index contributed by atoms with van der Waals surface area (Å²) in [5, 5.41) is 0. The Kier molecular flexibility index (Phi) is 3.97. The van der Waals surface area contributed by atoms with E-state index in [0.717, 1.165) is 32.4 Å². The van der Waals surface area contributed by atoms with Gasteiger partial charge >= 0.3 is 0 Å². The van der Waals surface area contributed by atoms with Gasteiger partial charge < -0.3 is 10.6 Å². The van der Waals surface area contributed by atoms with Gasteiger partial charge in [-0.15, -0.1) is 6.42 Å². The highest BCUT2D eigenvalue weighted by molar-refractivity contribution is 5.81. The molecule has 0 spiro atoms. The van der Waals surface area contributed by atoms with E-state index in [1.165, 1.54) is 0 Å². The van der Waals surface area contributed by atoms with Crippen molar-refractivity contribution in [3.8, 4) is 12.3 Å². The average molecular weight is 194 g/mol. The van der Waals surface area contributed by atoms with Crippen LogP contribution >= 0.6 is 0 Å². The molecule has 1 aliphatic heterocycles. The van der Waals surface area contributed by atoms with E-state index in [1.807, 2.05) is 11.8 Å². The van der Waals surface area contributed by atoms with Gasteiger partial charge in [0.15, 0.2) is 0 Å². The second-order valence-corrected chi connectivity index (χ2v) is 3.79. The van der Waals surface area contributed by atoms with Crippen molar-refractivity contribution in [3.63, 3.8) is 0 Å². The smallest absolute Gasteiger partial charge is 0.237 e. The number of terminal acetylenes is 1. The summed E-state index contributed by atoms with van der Waals surface area (Å²) in [5.41, 5.74) is 5.76. The molecule has 78 valence electrons. The van der Waals surface area contributed by atoms with Crippen molar-refractivity contribution in [2.45, 2.75) is 32.2 Å². The normalized spacial score (nSPS) is 20.2. The number of nitrogens with zero attached hydrogens (tertiary/aromatic N) is 1. The summed E-state index contributed by atoms with van der Waals surface area (Å²) in [6.45, 7) is 3.47. The van der Waals surface area contributed by atoms with Crippen LogP contribution in [0.1, 0.15) is 26.2 Å². The molecule has 0 unspecified atom stereocenters. The minimum atomic E-state index is -0.246. The van der Waals surface area contributed by atoms with Crippen LogP contribution in [-0.2, 0) is 4.79 Å². The van der Waals surface area contributed by atoms with Crippen LogP contribution in [-0.4, -0.2) is 29.9 Å². The van der Waals surface area contributed by atoms with E-state index in [2.05, 4.69) is 5.92 Å². The minimum absolute atomic E-state index is 0.0990. The van der Waals surface area contributed by atoms with E-state index in [9.17, 15) is 4.79 Å². The van der Waals surface area contributed by atoms with Gasteiger partial charge in [-0.1, -0.05) is 12.8 Å². The standard InChI is InChI=1S/C11H18N2O/c1-3-9(4-2)11(14)13-7-5-10(12)6-8-13/h1,9-10H,4-8,12H2,2H3/t9-/m0/s1. The van der Waals surface area contributed by atoms with Crippen LogP contribution in [0, 0.1) is 18.3 Å². The van der Waals surface area contributed by atoms with E-state index in [1.54, 1.807) is 0 Å². The maximum absolute atomic E-state index is 11.8. The highest BCUT2D eigenvalue weighted by atomic mass is 16.2. The van der Waals surface area contributed by atoms with Crippen LogP contribution in [0.4, 0.5) is 0 Å². The maximum atomic E-state index is 11.8. The van der Waals surface area contributed by atoms with E-state index in [-0.39, 0.29) is 17.9 Å². The van der Waals surface area contributed by atoms with Crippen molar-refractivity contribution in [1.82, 2.24) is 4.90 Å². The Bertz CT molecular complexity index is 236. The molecular weight excluding hydrogens is 176 g/mol. The highest BCUT2D eigenvalue weighted by Gasteiger charge is 2.24. The largest absolute Gasteiger partial charge is 0.342 e. The molecule has 0 aliphatic carbocycles. The van der Waals surface area contributed by atoms with E-state index >= 15 is 0 Å². The topological polar surface area (TPSA) is 46.3 Å². The van der Waals surface area contributed by atoms with Crippen LogP contribution in [0.2, 0.25) is 0 Å². The molecule has 2 N–H and O–H groups in total. The van der Waals surface area contributed by atoms with Gasteiger partial charge in [-0.25, -0.2) is 0 Å². The molecule has 1 rings (SSSR count). The maximum Gasteiger partial charge on any atom is 0.237 e. The lowest BCUT2D eigenvalue weighted by atomic mass is 10.0. The molecule has 1 heterocycles. The fourth-order valence-corrected chi connectivity index (χ4v) is 1.70. The third-order valence-electron chi connectivity index (χ3n) is 2.76. The fraction of sp³-hybridized carbons (Fsp3) is 0.727. The molecule has 0 aromatic rings. The Hall–Kier alpha value is -1.01. The van der Waals surface area contributed by atoms with Gasteiger partial charge in [0.05, 0.1) is 5.92 Å². The van der Waals surface area contributed by atoms with Gasteiger partial charge in [0.1, 0.15) is 0 Å². The Morgan fingerprint density at radius 3 is 2.64 bits per heavy atom. The molecule has 1 atom stereocenters. The van der Waals surface area contributed by atoms with Crippen molar-refractivity contribution in [2.24, 2.45) is 11.7 Å². The van der Waals surface area contributed by atoms with Gasteiger partial charge in [0, 0.05) is 19.1 Å². The summed E-state index contributed by atoms with van der Waals surface area (Å²) in [5.74, 6) is 2.39. The molecule has 0 aromatic carbocycles. The predicted molar refractivity (Wildman–Crippen MR) is 56.4 cm³/mol. The van der Waals surface area contributed by atoms with Crippen molar-refractivity contribution >= 4 is 5.91 Å². The lowest BCUT2D eigenvalue weighted by Crippen LogP contribution is -2.44. The molecule has 1 amide bonds. The number of piperidine rings is 1. The van der Waals surface area contributed by atoms with E-state index in [0.29, 0.717) is 0 Å². The van der Waals surface area contributed by atoms with Crippen LogP contribution in [0.25, 0.3) is 0 Å². The van der Waals surface area contributed by atoms with Crippen molar-refractivity contribution < 1.29 is 4.79 Å². The first-order valence-electron chi connectivity index (χ1n) is 5.19. The number of carbonyl (C=O) groups excluding carboxylic acids is 1. The molecular formula is C11H18N2O. The van der Waals surface area contributed by atoms with Gasteiger partial charge in [0.2, 0.25) is 5.91 Å². The van der Waals surface area contributed by atoms with Gasteiger partial charge in [0.25, 0.3) is 0 Å². The zero-order chi connectivity index (χ0) is 10.6. The summed E-state index contributed by atoms with van der Waals surface area (Å²) in [4.78, 5) is 13.7. The minimum Gasteiger partial charge on any atom is -0.342 e. The first-order valence-corrected chi connectivity index (χ1v) is 5.19. The zero-order valence-corrected chi connectivity index (χ0v) is 8.70. The molecule has 1 saturated heterocycles. The van der Waals surface area contributed by atoms with Crippen LogP contribution in [0.5, 0.6) is 0 Å². The second-order valence-electron chi connectivity index (χ2n) is 3.79. The summed E-state index contributed by atoms with van der Waals surface area (Å²) >= 11 is 0. The molecule has 0 bridgehead atoms. The van der Waals surface area contributed by atoms with Crippen LogP contribution < -0.4 is 5.73 Å². The number of nitrogens with two attached hydrogens (primary N) is 1. The van der Waals surface area contributed by atoms with Crippen molar-refractivity contribution in [3.05, 3.63) is 0 Å². The number of rotatable bonds is 2. The number of likely N-dealkylation sites (tertiary alicyclic amines) is 1. The Morgan fingerprint density at radius 2 is 2.21 bits per heavy atom. The number of hydrogen-bond donors (Lipinski definition) is 1. The second kappa shape index (κ2) is 5.02. The number of amides is 1. The lowest BCUT2D eigenvalue weighted by Gasteiger charge is -2.31. The first kappa shape index (κ1) is 11.1. The summed E-state index contributed by atoms with van der Waals surface area (Å²) in [7, 11) is 0. The molecule has 0 aromatic heterocycles. The third-order valence-corrected chi connectivity index (χ3v) is 2.76. The lowest BCUT2D eigenvalue weighted by molar-refractivity contribution is -0.134. The first-order chi connectivity index (χ1) is 6.69. The molecule has 14 heavy (non-hydrogen) atoms. The molecule has 3 nitrogen and oxygen atoms in total. The number of hydrogen-bond acceptors (Lipinski definition) is 2. The summed E-state index contributed by atoms with van der Waals surface area (Å²) in [6.07, 6.45) is 7.81. The van der Waals surface area contributed by atoms with E-state index in [4.69, 9.17) is 12.2 Å². The van der Waals surface area contributed by atoms with E-state index < -0.39 is 0 Å². The average Bonchev–Trinajstić information content (AvgIpc) is 2.20. The molecule has 0 saturated carbocycles. The fourth-order valence-electron chi connectivity index (χ4n) is 1.70. The van der Waals surface area contributed by atoms with Gasteiger partial charge in [-0.05, 0) is 19.3 Å². The Balaban J connectivity index is 2.49. The number of carbonyl (C=O) groups is 1. The molecule has 3 heteroatoms. The SMILES string of the molecule is C#C[C@@H](CC)C(=O)N1CCC(N)CC1. The Labute approximate surface area is 85.6 Å². The van der Waals surface area contributed by atoms with Crippen LogP contribution in [0.15, 0.2) is 0 Å². The molecule has 0 radical (unpaired) electrons. The molecule has 1 fully saturated rings.